The second-order valence-electron chi connectivity index (χ2n) is 17.8. The third-order valence-electron chi connectivity index (χ3n) is 13.1. The van der Waals surface area contributed by atoms with Crippen molar-refractivity contribution < 1.29 is 24.0 Å². The zero-order valence-corrected chi connectivity index (χ0v) is 36.9. The molecule has 17 heteroatoms. The van der Waals surface area contributed by atoms with Crippen LogP contribution >= 0.6 is 11.8 Å². The van der Waals surface area contributed by atoms with Crippen molar-refractivity contribution in [3.8, 4) is 0 Å². The molecule has 4 aromatic rings. The van der Waals surface area contributed by atoms with Gasteiger partial charge in [0, 0.05) is 86.8 Å². The van der Waals surface area contributed by atoms with Gasteiger partial charge in [-0.1, -0.05) is 42.8 Å². The van der Waals surface area contributed by atoms with Gasteiger partial charge < -0.3 is 30.2 Å². The van der Waals surface area contributed by atoms with E-state index in [0.29, 0.717) is 18.4 Å². The maximum atomic E-state index is 13.0. The summed E-state index contributed by atoms with van der Waals surface area (Å²) in [5.41, 5.74) is 3.42. The lowest BCUT2D eigenvalue weighted by Gasteiger charge is -2.48. The van der Waals surface area contributed by atoms with Crippen molar-refractivity contribution in [3.63, 3.8) is 0 Å². The van der Waals surface area contributed by atoms with Crippen LogP contribution in [0.25, 0.3) is 0 Å². The number of nitrogens with one attached hydrogen (secondary N) is 3. The maximum absolute atomic E-state index is 13.0. The van der Waals surface area contributed by atoms with E-state index >= 15 is 0 Å². The first-order valence-electron chi connectivity index (χ1n) is 22.7. The van der Waals surface area contributed by atoms with Gasteiger partial charge in [-0.15, -0.1) is 10.2 Å². The number of unbranched alkanes of at least 4 members (excludes halogenated alkanes) is 3. The predicted octanol–water partition coefficient (Wildman–Crippen LogP) is 5.20. The fourth-order valence-electron chi connectivity index (χ4n) is 9.68. The van der Waals surface area contributed by atoms with Crippen LogP contribution in [-0.4, -0.2) is 111 Å². The smallest absolute Gasteiger partial charge is 0.272 e. The SMILES string of the molecule is O=C1CCC(N2Cc3cc(CNC(=O)c4ccc(N5CCC6(CN(CCCCCCC(=O)Nc7cccc(Sc8cnc(N9CCCCC9)cn8)c7)C6)C5)nn4)ccc3C2=O)C(=O)N1. The van der Waals surface area contributed by atoms with Crippen molar-refractivity contribution >= 4 is 58.6 Å². The molecule has 1 unspecified atom stereocenters. The summed E-state index contributed by atoms with van der Waals surface area (Å²) >= 11 is 1.55. The molecule has 0 aliphatic carbocycles. The standard InChI is InChI=1S/C47H55N11O5S/c59-41(51-34-9-8-10-35(24-34)64-43-27-48-40(26-49-43)56-20-6-3-7-21-56)11-4-1-2-5-19-55-29-47(30-55)18-22-57(31-47)39-16-14-37(53-54-39)44(61)50-25-32-12-13-36-33(23-32)28-58(46(36)63)38-15-17-42(60)52-45(38)62/h8-10,12-14,16,23-24,26-27,38H,1-7,11,15,17-22,25,28-31H2,(H,50,61)(H,51,59)(H,52,60,62). The van der Waals surface area contributed by atoms with Crippen molar-refractivity contribution in [1.29, 1.82) is 0 Å². The van der Waals surface area contributed by atoms with Crippen LogP contribution in [-0.2, 0) is 27.5 Å². The molecule has 334 valence electrons. The number of benzene rings is 2. The largest absolute Gasteiger partial charge is 0.355 e. The number of aromatic nitrogens is 4. The van der Waals surface area contributed by atoms with E-state index in [-0.39, 0.29) is 54.2 Å². The second kappa shape index (κ2) is 19.4. The van der Waals surface area contributed by atoms with Gasteiger partial charge in [-0.25, -0.2) is 9.97 Å². The van der Waals surface area contributed by atoms with Crippen LogP contribution in [0, 0.1) is 5.41 Å². The van der Waals surface area contributed by atoms with Crippen LogP contribution < -0.4 is 25.8 Å². The summed E-state index contributed by atoms with van der Waals surface area (Å²) in [4.78, 5) is 81.6. The van der Waals surface area contributed by atoms with Crippen molar-refractivity contribution in [3.05, 3.63) is 89.4 Å². The molecule has 2 aromatic heterocycles. The van der Waals surface area contributed by atoms with Gasteiger partial charge in [-0.3, -0.25) is 29.3 Å². The summed E-state index contributed by atoms with van der Waals surface area (Å²) in [6.07, 6.45) is 13.6. The molecule has 2 aromatic carbocycles. The molecule has 1 spiro atoms. The fourth-order valence-corrected chi connectivity index (χ4v) is 10.5. The second-order valence-corrected chi connectivity index (χ2v) is 18.9. The summed E-state index contributed by atoms with van der Waals surface area (Å²) in [7, 11) is 0. The summed E-state index contributed by atoms with van der Waals surface area (Å²) in [6.45, 7) is 7.63. The molecule has 4 saturated heterocycles. The van der Waals surface area contributed by atoms with Crippen molar-refractivity contribution in [2.75, 3.05) is 60.9 Å². The summed E-state index contributed by atoms with van der Waals surface area (Å²) in [5, 5.41) is 17.8. The van der Waals surface area contributed by atoms with Crippen molar-refractivity contribution in [2.45, 2.75) is 99.7 Å². The molecule has 5 aliphatic heterocycles. The molecule has 3 N–H and O–H groups in total. The van der Waals surface area contributed by atoms with Crippen LogP contribution in [0.1, 0.15) is 103 Å². The van der Waals surface area contributed by atoms with Gasteiger partial charge in [0.15, 0.2) is 11.5 Å². The molecule has 1 atom stereocenters. The van der Waals surface area contributed by atoms with Crippen LogP contribution in [0.5, 0.6) is 0 Å². The highest BCUT2D eigenvalue weighted by molar-refractivity contribution is 7.99. The van der Waals surface area contributed by atoms with E-state index in [2.05, 4.69) is 50.8 Å². The number of piperidine rings is 2. The summed E-state index contributed by atoms with van der Waals surface area (Å²) in [5.74, 6) is 0.424. The normalized spacial score (nSPS) is 19.4. The number of amides is 5. The molecule has 64 heavy (non-hydrogen) atoms. The molecule has 0 radical (unpaired) electrons. The highest BCUT2D eigenvalue weighted by atomic mass is 32.2. The lowest BCUT2D eigenvalue weighted by atomic mass is 9.79. The average molecular weight is 886 g/mol. The molecule has 16 nitrogen and oxygen atoms in total. The number of likely N-dealkylation sites (tertiary alicyclic amines) is 1. The van der Waals surface area contributed by atoms with Crippen LogP contribution in [0.2, 0.25) is 0 Å². The number of anilines is 3. The summed E-state index contributed by atoms with van der Waals surface area (Å²) in [6, 6.07) is 16.2. The molecule has 7 heterocycles. The zero-order chi connectivity index (χ0) is 44.0. The number of hydrogen-bond donors (Lipinski definition) is 3. The third kappa shape index (κ3) is 10.2. The minimum atomic E-state index is -0.671. The predicted molar refractivity (Wildman–Crippen MR) is 242 cm³/mol. The Morgan fingerprint density at radius 3 is 2.50 bits per heavy atom. The Morgan fingerprint density at radius 2 is 1.70 bits per heavy atom. The molecule has 5 aliphatic rings. The number of imide groups is 1. The highest BCUT2D eigenvalue weighted by Crippen LogP contribution is 2.41. The number of carbonyl (C=O) groups excluding carboxylic acids is 5. The van der Waals surface area contributed by atoms with Crippen molar-refractivity contribution in [1.82, 2.24) is 40.6 Å². The Balaban J connectivity index is 0.639. The Labute approximate surface area is 377 Å². The Hall–Kier alpha value is -5.94. The average Bonchev–Trinajstić information content (AvgIpc) is 3.89. The van der Waals surface area contributed by atoms with E-state index in [4.69, 9.17) is 0 Å². The van der Waals surface area contributed by atoms with E-state index in [0.717, 1.165) is 116 Å². The van der Waals surface area contributed by atoms with E-state index in [1.54, 1.807) is 30.0 Å². The van der Waals surface area contributed by atoms with E-state index in [1.807, 2.05) is 48.8 Å². The lowest BCUT2D eigenvalue weighted by Crippen LogP contribution is -2.57. The number of carbonyl (C=O) groups is 5. The molecular formula is C47H55N11O5S. The van der Waals surface area contributed by atoms with Crippen LogP contribution in [0.4, 0.5) is 17.3 Å². The molecule has 5 amide bonds. The number of fused-ring (bicyclic) bond motifs is 1. The zero-order valence-electron chi connectivity index (χ0n) is 36.1. The molecule has 0 saturated carbocycles. The first-order valence-corrected chi connectivity index (χ1v) is 23.5. The van der Waals surface area contributed by atoms with Gasteiger partial charge in [0.05, 0.1) is 12.4 Å². The van der Waals surface area contributed by atoms with E-state index < -0.39 is 11.9 Å². The Kier molecular flexibility index (Phi) is 13.2. The molecule has 4 fully saturated rings. The number of nitrogens with zero attached hydrogens (tertiary/aromatic N) is 8. The van der Waals surface area contributed by atoms with Gasteiger partial charge in [0.1, 0.15) is 16.9 Å². The minimum absolute atomic E-state index is 0.0426. The van der Waals surface area contributed by atoms with Crippen molar-refractivity contribution in [2.24, 2.45) is 5.41 Å². The van der Waals surface area contributed by atoms with Gasteiger partial charge in [0.2, 0.25) is 17.7 Å². The monoisotopic (exact) mass is 885 g/mol. The third-order valence-corrected chi connectivity index (χ3v) is 14.0. The Morgan fingerprint density at radius 1 is 0.844 bits per heavy atom. The maximum Gasteiger partial charge on any atom is 0.272 e. The van der Waals surface area contributed by atoms with Gasteiger partial charge in [0.25, 0.3) is 11.8 Å². The number of hydrogen-bond acceptors (Lipinski definition) is 13. The quantitative estimate of drug-likeness (QED) is 0.0986. The first kappa shape index (κ1) is 43.3. The minimum Gasteiger partial charge on any atom is -0.355 e. The molecule has 9 rings (SSSR count). The van der Waals surface area contributed by atoms with Gasteiger partial charge >= 0.3 is 0 Å². The first-order chi connectivity index (χ1) is 31.2. The Bertz CT molecular complexity index is 2370. The van der Waals surface area contributed by atoms with E-state index in [9.17, 15) is 24.0 Å². The molecule has 0 bridgehead atoms. The van der Waals surface area contributed by atoms with E-state index in [1.165, 1.54) is 24.2 Å². The van der Waals surface area contributed by atoms with Gasteiger partial charge in [-0.2, -0.15) is 0 Å². The van der Waals surface area contributed by atoms with Gasteiger partial charge in [-0.05, 0) is 99.0 Å². The topological polar surface area (TPSA) is 186 Å². The summed E-state index contributed by atoms with van der Waals surface area (Å²) < 4.78 is 0. The van der Waals surface area contributed by atoms with Crippen LogP contribution in [0.15, 0.2) is 76.9 Å². The fraction of sp³-hybridized carbons (Fsp3) is 0.468. The number of rotatable bonds is 16. The molecular weight excluding hydrogens is 831 g/mol. The highest BCUT2D eigenvalue weighted by Gasteiger charge is 2.47. The van der Waals surface area contributed by atoms with Crippen LogP contribution in [0.3, 0.4) is 0 Å². The lowest BCUT2D eigenvalue weighted by molar-refractivity contribution is -0.137.